The van der Waals surface area contributed by atoms with Gasteiger partial charge in [0.25, 0.3) is 5.56 Å². The Bertz CT molecular complexity index is 1540. The molecule has 0 saturated carbocycles. The molecule has 0 atom stereocenters. The summed E-state index contributed by atoms with van der Waals surface area (Å²) in [5.41, 5.74) is 6.98. The molecule has 0 N–H and O–H groups in total. The molecule has 0 amide bonds. The Morgan fingerprint density at radius 1 is 0.882 bits per heavy atom. The molecule has 0 aliphatic carbocycles. The summed E-state index contributed by atoms with van der Waals surface area (Å²) in [5.74, 6) is 1.40. The quantitative estimate of drug-likeness (QED) is 0.326. The highest BCUT2D eigenvalue weighted by Crippen LogP contribution is 2.28. The predicted octanol–water partition coefficient (Wildman–Crippen LogP) is 5.08. The van der Waals surface area contributed by atoms with Crippen molar-refractivity contribution in [2.24, 2.45) is 0 Å². The van der Waals surface area contributed by atoms with E-state index in [-0.39, 0.29) is 5.56 Å². The van der Waals surface area contributed by atoms with E-state index < -0.39 is 0 Å². The summed E-state index contributed by atoms with van der Waals surface area (Å²) in [6.07, 6.45) is 2.44. The van der Waals surface area contributed by atoms with Gasteiger partial charge in [0.2, 0.25) is 0 Å². The van der Waals surface area contributed by atoms with Crippen LogP contribution in [-0.4, -0.2) is 24.1 Å². The Labute approximate surface area is 202 Å². The second kappa shape index (κ2) is 9.27. The molecule has 7 heteroatoms. The Morgan fingerprint density at radius 2 is 1.68 bits per heavy atom. The lowest BCUT2D eigenvalue weighted by Gasteiger charge is -2.14. The lowest BCUT2D eigenvalue weighted by Crippen LogP contribution is -2.15. The van der Waals surface area contributed by atoms with Crippen molar-refractivity contribution in [3.63, 3.8) is 0 Å². The van der Waals surface area contributed by atoms with Crippen molar-refractivity contribution in [2.75, 3.05) is 0 Å². The summed E-state index contributed by atoms with van der Waals surface area (Å²) >= 11 is 1.54. The van der Waals surface area contributed by atoms with Gasteiger partial charge in [0.1, 0.15) is 11.5 Å². The smallest absolute Gasteiger partial charge is 0.258 e. The normalized spacial score (nSPS) is 11.3. The molecule has 0 fully saturated rings. The second-order valence-corrected chi connectivity index (χ2v) is 9.44. The van der Waals surface area contributed by atoms with E-state index in [2.05, 4.69) is 58.9 Å². The highest BCUT2D eigenvalue weighted by atomic mass is 32.2. The average molecular weight is 468 g/mol. The first kappa shape index (κ1) is 22.1. The van der Waals surface area contributed by atoms with Crippen LogP contribution < -0.4 is 5.56 Å². The van der Waals surface area contributed by atoms with Crippen LogP contribution in [-0.2, 0) is 12.2 Å². The number of hydrogen-bond donors (Lipinski definition) is 0. The standard InChI is InChI=1S/C27H25N5OS/c1-18-9-10-23(20(3)13-18)32-25(15-21-7-5-4-6-8-21)29-30-27(32)34-17-22-16-26(33)31-12-11-19(2)14-24(31)28-22/h4-14,16H,15,17H2,1-3H3. The first-order valence-electron chi connectivity index (χ1n) is 11.2. The highest BCUT2D eigenvalue weighted by Gasteiger charge is 2.17. The zero-order valence-electron chi connectivity index (χ0n) is 19.4. The topological polar surface area (TPSA) is 65.1 Å². The molecule has 2 aromatic carbocycles. The van der Waals surface area contributed by atoms with Crippen LogP contribution in [0.15, 0.2) is 82.9 Å². The molecule has 3 aromatic heterocycles. The summed E-state index contributed by atoms with van der Waals surface area (Å²) in [6, 6.07) is 22.1. The van der Waals surface area contributed by atoms with Gasteiger partial charge in [-0.05, 0) is 55.7 Å². The molecular weight excluding hydrogens is 442 g/mol. The van der Waals surface area contributed by atoms with E-state index in [1.165, 1.54) is 22.9 Å². The molecule has 0 aliphatic rings. The molecular formula is C27H25N5OS. The van der Waals surface area contributed by atoms with Gasteiger partial charge in [-0.3, -0.25) is 13.8 Å². The number of rotatable bonds is 6. The van der Waals surface area contributed by atoms with E-state index >= 15 is 0 Å². The van der Waals surface area contributed by atoms with Gasteiger partial charge in [0, 0.05) is 24.4 Å². The van der Waals surface area contributed by atoms with Gasteiger partial charge in [0.15, 0.2) is 5.16 Å². The Kier molecular flexibility index (Phi) is 6.02. The average Bonchev–Trinajstić information content (AvgIpc) is 3.20. The Balaban J connectivity index is 1.51. The number of aryl methyl sites for hydroxylation is 3. The maximum absolute atomic E-state index is 12.6. The van der Waals surface area contributed by atoms with Crippen LogP contribution in [0, 0.1) is 20.8 Å². The zero-order valence-corrected chi connectivity index (χ0v) is 20.2. The maximum atomic E-state index is 12.6. The van der Waals surface area contributed by atoms with Crippen molar-refractivity contribution in [3.05, 3.63) is 117 Å². The monoisotopic (exact) mass is 467 g/mol. The van der Waals surface area contributed by atoms with E-state index in [0.29, 0.717) is 17.8 Å². The van der Waals surface area contributed by atoms with E-state index in [0.717, 1.165) is 33.5 Å². The van der Waals surface area contributed by atoms with Crippen LogP contribution in [0.25, 0.3) is 11.3 Å². The van der Waals surface area contributed by atoms with Gasteiger partial charge in [0.05, 0.1) is 11.4 Å². The fraction of sp³-hybridized carbons (Fsp3) is 0.185. The molecule has 5 aromatic rings. The van der Waals surface area contributed by atoms with Crippen molar-refractivity contribution >= 4 is 17.4 Å². The molecule has 0 saturated heterocycles. The molecule has 170 valence electrons. The summed E-state index contributed by atoms with van der Waals surface area (Å²) < 4.78 is 3.70. The third-order valence-electron chi connectivity index (χ3n) is 5.72. The van der Waals surface area contributed by atoms with Gasteiger partial charge in [-0.2, -0.15) is 0 Å². The van der Waals surface area contributed by atoms with E-state index in [4.69, 9.17) is 4.98 Å². The number of benzene rings is 2. The van der Waals surface area contributed by atoms with Gasteiger partial charge in [-0.25, -0.2) is 4.98 Å². The van der Waals surface area contributed by atoms with Gasteiger partial charge in [-0.1, -0.05) is 59.8 Å². The minimum Gasteiger partial charge on any atom is -0.273 e. The number of fused-ring (bicyclic) bond motifs is 1. The number of hydrogen-bond acceptors (Lipinski definition) is 5. The first-order valence-corrected chi connectivity index (χ1v) is 12.1. The van der Waals surface area contributed by atoms with Crippen molar-refractivity contribution in [1.29, 1.82) is 0 Å². The van der Waals surface area contributed by atoms with Gasteiger partial charge >= 0.3 is 0 Å². The lowest BCUT2D eigenvalue weighted by molar-refractivity contribution is 0.840. The number of pyridine rings is 1. The van der Waals surface area contributed by atoms with Crippen LogP contribution in [0.2, 0.25) is 0 Å². The highest BCUT2D eigenvalue weighted by molar-refractivity contribution is 7.98. The summed E-state index contributed by atoms with van der Waals surface area (Å²) in [5, 5.41) is 9.86. The summed E-state index contributed by atoms with van der Waals surface area (Å²) in [4.78, 5) is 17.3. The van der Waals surface area contributed by atoms with Crippen LogP contribution in [0.1, 0.15) is 33.8 Å². The molecule has 6 nitrogen and oxygen atoms in total. The van der Waals surface area contributed by atoms with Crippen LogP contribution in [0.5, 0.6) is 0 Å². The van der Waals surface area contributed by atoms with Crippen molar-refractivity contribution in [1.82, 2.24) is 24.1 Å². The van der Waals surface area contributed by atoms with Gasteiger partial charge in [-0.15, -0.1) is 10.2 Å². The third kappa shape index (κ3) is 4.52. The molecule has 0 unspecified atom stereocenters. The Hall–Kier alpha value is -3.71. The van der Waals surface area contributed by atoms with E-state index in [1.807, 2.05) is 37.3 Å². The molecule has 0 bridgehead atoms. The third-order valence-corrected chi connectivity index (χ3v) is 6.69. The number of aromatic nitrogens is 5. The van der Waals surface area contributed by atoms with Crippen LogP contribution in [0.3, 0.4) is 0 Å². The predicted molar refractivity (Wildman–Crippen MR) is 136 cm³/mol. The van der Waals surface area contributed by atoms with E-state index in [1.54, 1.807) is 16.7 Å². The fourth-order valence-electron chi connectivity index (χ4n) is 4.05. The van der Waals surface area contributed by atoms with Crippen LogP contribution >= 0.6 is 11.8 Å². The lowest BCUT2D eigenvalue weighted by atomic mass is 10.1. The fourth-order valence-corrected chi connectivity index (χ4v) is 4.91. The molecule has 5 rings (SSSR count). The molecule has 0 spiro atoms. The molecule has 3 heterocycles. The van der Waals surface area contributed by atoms with Gasteiger partial charge < -0.3 is 0 Å². The molecule has 0 aliphatic heterocycles. The zero-order chi connectivity index (χ0) is 23.7. The minimum absolute atomic E-state index is 0.0822. The SMILES string of the molecule is Cc1ccc(-n2c(Cc3ccccc3)nnc2SCc2cc(=O)n3ccc(C)cc3n2)c(C)c1. The number of nitrogens with zero attached hydrogens (tertiary/aromatic N) is 5. The molecule has 0 radical (unpaired) electrons. The number of thioether (sulfide) groups is 1. The first-order chi connectivity index (χ1) is 16.5. The maximum Gasteiger partial charge on any atom is 0.258 e. The Morgan fingerprint density at radius 3 is 2.47 bits per heavy atom. The van der Waals surface area contributed by atoms with Crippen molar-refractivity contribution in [2.45, 2.75) is 38.1 Å². The van der Waals surface area contributed by atoms with Crippen LogP contribution in [0.4, 0.5) is 0 Å². The second-order valence-electron chi connectivity index (χ2n) is 8.49. The largest absolute Gasteiger partial charge is 0.273 e. The summed E-state index contributed by atoms with van der Waals surface area (Å²) in [6.45, 7) is 6.20. The molecule has 34 heavy (non-hydrogen) atoms. The van der Waals surface area contributed by atoms with E-state index in [9.17, 15) is 4.79 Å². The minimum atomic E-state index is -0.0822. The van der Waals surface area contributed by atoms with Crippen molar-refractivity contribution < 1.29 is 0 Å². The van der Waals surface area contributed by atoms with Crippen molar-refractivity contribution in [3.8, 4) is 5.69 Å². The summed E-state index contributed by atoms with van der Waals surface area (Å²) in [7, 11) is 0.